The molecule has 0 unspecified atom stereocenters. The molecule has 0 aliphatic heterocycles. The molecule has 0 spiro atoms. The Morgan fingerprint density at radius 1 is 0.812 bits per heavy atom. The Balaban J connectivity index is 1.57. The number of rotatable bonds is 0. The first-order chi connectivity index (χ1) is 14.7. The van der Waals surface area contributed by atoms with Gasteiger partial charge >= 0.3 is 0 Å². The van der Waals surface area contributed by atoms with Crippen LogP contribution in [-0.4, -0.2) is 11.6 Å². The van der Waals surface area contributed by atoms with Crippen LogP contribution in [0.15, 0.2) is 11.6 Å². The summed E-state index contributed by atoms with van der Waals surface area (Å²) in [6, 6.07) is 0. The van der Waals surface area contributed by atoms with Crippen LogP contribution < -0.4 is 0 Å². The predicted molar refractivity (Wildman–Crippen MR) is 130 cm³/mol. The molecular weight excluding hydrogens is 392 g/mol. The number of fused-ring (bicyclic) bond motifs is 7. The van der Waals surface area contributed by atoms with Crippen molar-refractivity contribution in [3.8, 4) is 0 Å². The van der Waals surface area contributed by atoms with E-state index < -0.39 is 0 Å². The van der Waals surface area contributed by atoms with Gasteiger partial charge < -0.3 is 0 Å². The van der Waals surface area contributed by atoms with E-state index in [-0.39, 0.29) is 21.7 Å². The first-order valence-corrected chi connectivity index (χ1v) is 13.5. The van der Waals surface area contributed by atoms with Gasteiger partial charge in [-0.2, -0.15) is 0 Å². The molecule has 4 saturated carbocycles. The number of hydrogen-bond acceptors (Lipinski definition) is 2. The van der Waals surface area contributed by atoms with Crippen molar-refractivity contribution in [1.82, 2.24) is 0 Å². The van der Waals surface area contributed by atoms with E-state index in [0.29, 0.717) is 46.6 Å². The van der Waals surface area contributed by atoms with Gasteiger partial charge in [-0.3, -0.25) is 9.59 Å². The Hall–Kier alpha value is -0.920. The Labute approximate surface area is 196 Å². The third-order valence-electron chi connectivity index (χ3n) is 13.2. The zero-order valence-electron chi connectivity index (χ0n) is 21.9. The molecule has 0 aromatic rings. The van der Waals surface area contributed by atoms with Gasteiger partial charge in [-0.05, 0) is 104 Å². The second-order valence-corrected chi connectivity index (χ2v) is 14.3. The van der Waals surface area contributed by atoms with Gasteiger partial charge in [0, 0.05) is 17.3 Å². The second kappa shape index (κ2) is 6.60. The van der Waals surface area contributed by atoms with Crippen molar-refractivity contribution in [1.29, 1.82) is 0 Å². The summed E-state index contributed by atoms with van der Waals surface area (Å²) in [7, 11) is 0. The van der Waals surface area contributed by atoms with Gasteiger partial charge in [-0.1, -0.05) is 54.0 Å². The van der Waals surface area contributed by atoms with E-state index in [1.807, 2.05) is 6.08 Å². The van der Waals surface area contributed by atoms with Gasteiger partial charge in [-0.15, -0.1) is 0 Å². The first kappa shape index (κ1) is 22.9. The summed E-state index contributed by atoms with van der Waals surface area (Å²) >= 11 is 0. The molecule has 0 N–H and O–H groups in total. The lowest BCUT2D eigenvalue weighted by molar-refractivity contribution is -0.235. The number of carbonyl (C=O) groups is 2. The molecule has 5 aliphatic carbocycles. The Morgan fingerprint density at radius 3 is 2.19 bits per heavy atom. The van der Waals surface area contributed by atoms with Crippen LogP contribution in [0.4, 0.5) is 0 Å². The predicted octanol–water partition coefficient (Wildman–Crippen LogP) is 7.41. The second-order valence-electron chi connectivity index (χ2n) is 14.3. The summed E-state index contributed by atoms with van der Waals surface area (Å²) in [6.45, 7) is 19.2. The molecule has 5 rings (SSSR count). The van der Waals surface area contributed by atoms with Crippen LogP contribution >= 0.6 is 0 Å². The van der Waals surface area contributed by atoms with Crippen molar-refractivity contribution in [3.05, 3.63) is 11.6 Å². The van der Waals surface area contributed by atoms with Gasteiger partial charge in [-0.25, -0.2) is 0 Å². The SMILES string of the molecule is CC1=CC(=O)[C@]2(C)CC[C@]3(C)[C@@H](CC[C@H]4[C@@]5(C)CCC(=O)C(C)(C)[C@@H]5CC[C@]43C)[C@H]2[C@@H]1C. The number of hydrogen-bond donors (Lipinski definition) is 0. The highest BCUT2D eigenvalue weighted by atomic mass is 16.1. The molecule has 9 atom stereocenters. The summed E-state index contributed by atoms with van der Waals surface area (Å²) in [5.74, 6) is 3.71. The third kappa shape index (κ3) is 2.48. The van der Waals surface area contributed by atoms with Crippen molar-refractivity contribution >= 4 is 11.6 Å². The Bertz CT molecular complexity index is 897. The van der Waals surface area contributed by atoms with Gasteiger partial charge in [0.15, 0.2) is 5.78 Å². The zero-order valence-corrected chi connectivity index (χ0v) is 21.9. The van der Waals surface area contributed by atoms with Crippen LogP contribution in [0.2, 0.25) is 0 Å². The molecule has 0 amide bonds. The van der Waals surface area contributed by atoms with Gasteiger partial charge in [0.05, 0.1) is 0 Å². The number of allylic oxidation sites excluding steroid dienone is 2. The molecule has 2 nitrogen and oxygen atoms in total. The highest BCUT2D eigenvalue weighted by Gasteiger charge is 2.70. The van der Waals surface area contributed by atoms with Crippen molar-refractivity contribution in [2.75, 3.05) is 0 Å². The maximum absolute atomic E-state index is 13.3. The third-order valence-corrected chi connectivity index (χ3v) is 13.2. The summed E-state index contributed by atoms with van der Waals surface area (Å²) in [6.07, 6.45) is 11.0. The molecule has 0 saturated heterocycles. The van der Waals surface area contributed by atoms with Crippen molar-refractivity contribution in [3.63, 3.8) is 0 Å². The van der Waals surface area contributed by atoms with Crippen LogP contribution in [0, 0.1) is 56.7 Å². The molecular formula is C30H46O2. The molecule has 4 fully saturated rings. The fourth-order valence-electron chi connectivity index (χ4n) is 10.9. The molecule has 0 bridgehead atoms. The molecule has 0 radical (unpaired) electrons. The Kier molecular flexibility index (Phi) is 4.71. The van der Waals surface area contributed by atoms with E-state index in [4.69, 9.17) is 0 Å². The maximum atomic E-state index is 13.3. The van der Waals surface area contributed by atoms with Gasteiger partial charge in [0.1, 0.15) is 5.78 Å². The van der Waals surface area contributed by atoms with E-state index in [9.17, 15) is 9.59 Å². The summed E-state index contributed by atoms with van der Waals surface area (Å²) in [5, 5.41) is 0. The summed E-state index contributed by atoms with van der Waals surface area (Å²) < 4.78 is 0. The van der Waals surface area contributed by atoms with Crippen molar-refractivity contribution < 1.29 is 9.59 Å². The summed E-state index contributed by atoms with van der Waals surface area (Å²) in [5.41, 5.74) is 1.80. The lowest BCUT2D eigenvalue weighted by Gasteiger charge is -2.73. The van der Waals surface area contributed by atoms with Crippen molar-refractivity contribution in [2.45, 2.75) is 107 Å². The number of carbonyl (C=O) groups excluding carboxylic acids is 2. The standard InChI is InChI=1S/C30H46O2/c1-18-17-24(32)28(6)15-16-29(7)20(25(28)19(18)2)9-10-22-27(5)13-12-23(31)26(3,4)21(27)11-14-30(22,29)8/h17,19-22,25H,9-16H2,1-8H3/t19-,20+,21+,22+,25-,27+,28+,29-,30-/m1/s1. The minimum absolute atomic E-state index is 0.174. The number of ketones is 2. The molecule has 0 aromatic carbocycles. The molecule has 32 heavy (non-hydrogen) atoms. The van der Waals surface area contributed by atoms with Crippen LogP contribution in [0.5, 0.6) is 0 Å². The first-order valence-electron chi connectivity index (χ1n) is 13.5. The lowest BCUT2D eigenvalue weighted by Crippen LogP contribution is -2.67. The van der Waals surface area contributed by atoms with Crippen molar-refractivity contribution in [2.24, 2.45) is 56.7 Å². The van der Waals surface area contributed by atoms with E-state index in [0.717, 1.165) is 19.3 Å². The van der Waals surface area contributed by atoms with E-state index in [1.54, 1.807) is 0 Å². The average molecular weight is 439 g/mol. The highest BCUT2D eigenvalue weighted by Crippen LogP contribution is 2.76. The number of Topliss-reactive ketones (excluding diaryl/α,β-unsaturated/α-hetero) is 1. The highest BCUT2D eigenvalue weighted by molar-refractivity contribution is 5.96. The minimum atomic E-state index is -0.177. The maximum Gasteiger partial charge on any atom is 0.161 e. The van der Waals surface area contributed by atoms with Gasteiger partial charge in [0.2, 0.25) is 0 Å². The van der Waals surface area contributed by atoms with E-state index in [2.05, 4.69) is 55.4 Å². The fourth-order valence-corrected chi connectivity index (χ4v) is 10.9. The smallest absolute Gasteiger partial charge is 0.161 e. The van der Waals surface area contributed by atoms with Crippen LogP contribution in [-0.2, 0) is 9.59 Å². The summed E-state index contributed by atoms with van der Waals surface area (Å²) in [4.78, 5) is 26.2. The molecule has 2 heteroatoms. The Morgan fingerprint density at radius 2 is 1.50 bits per heavy atom. The fraction of sp³-hybridized carbons (Fsp3) is 0.867. The molecule has 178 valence electrons. The van der Waals surface area contributed by atoms with E-state index in [1.165, 1.54) is 37.7 Å². The normalized spacial score (nSPS) is 54.6. The van der Waals surface area contributed by atoms with Crippen LogP contribution in [0.1, 0.15) is 107 Å². The topological polar surface area (TPSA) is 34.1 Å². The minimum Gasteiger partial charge on any atom is -0.299 e. The van der Waals surface area contributed by atoms with Gasteiger partial charge in [0.25, 0.3) is 0 Å². The van der Waals surface area contributed by atoms with E-state index >= 15 is 0 Å². The molecule has 0 aromatic heterocycles. The van der Waals surface area contributed by atoms with Crippen LogP contribution in [0.3, 0.4) is 0 Å². The van der Waals surface area contributed by atoms with Crippen LogP contribution in [0.25, 0.3) is 0 Å². The quantitative estimate of drug-likeness (QED) is 0.394. The lowest BCUT2D eigenvalue weighted by atomic mass is 9.31. The monoisotopic (exact) mass is 438 g/mol. The molecule has 0 heterocycles. The average Bonchev–Trinajstić information content (AvgIpc) is 2.71. The largest absolute Gasteiger partial charge is 0.299 e. The zero-order chi connectivity index (χ0) is 23.5. The molecule has 5 aliphatic rings.